The maximum Gasteiger partial charge on any atom is 0.348 e. The Morgan fingerprint density at radius 1 is 1.60 bits per heavy atom. The van der Waals surface area contributed by atoms with E-state index in [4.69, 9.17) is 4.74 Å². The number of thiol groups is 1. The molecular formula is C11H16O2S2. The smallest absolute Gasteiger partial charge is 0.348 e. The fraction of sp³-hybridized carbons (Fsp3) is 0.545. The van der Waals surface area contributed by atoms with Crippen molar-refractivity contribution in [3.63, 3.8) is 0 Å². The lowest BCUT2D eigenvalue weighted by Crippen LogP contribution is -2.05. The fourth-order valence-electron chi connectivity index (χ4n) is 1.16. The van der Waals surface area contributed by atoms with Crippen LogP contribution in [-0.4, -0.2) is 12.6 Å². The lowest BCUT2D eigenvalue weighted by atomic mass is 10.1. The number of hydrogen-bond donors (Lipinski definition) is 1. The summed E-state index contributed by atoms with van der Waals surface area (Å²) in [6, 6.07) is 1.73. The largest absolute Gasteiger partial charge is 0.462 e. The van der Waals surface area contributed by atoms with E-state index in [0.29, 0.717) is 17.4 Å². The third-order valence-corrected chi connectivity index (χ3v) is 3.29. The van der Waals surface area contributed by atoms with Gasteiger partial charge in [0.15, 0.2) is 0 Å². The van der Waals surface area contributed by atoms with Crippen LogP contribution >= 0.6 is 24.0 Å². The molecule has 0 amide bonds. The van der Waals surface area contributed by atoms with Gasteiger partial charge in [-0.3, -0.25) is 0 Å². The second kappa shape index (κ2) is 6.18. The van der Waals surface area contributed by atoms with E-state index in [1.54, 1.807) is 6.07 Å². The predicted octanol–water partition coefficient (Wildman–Crippen LogP) is 3.63. The molecule has 0 aliphatic carbocycles. The standard InChI is InChI=1S/C11H16O2S2/c1-8(2)4-3-5-13-11(12)10-6-9(14)7-15-10/h6-8,14H,3-5H2,1-2H3. The number of thiophene rings is 1. The minimum Gasteiger partial charge on any atom is -0.462 e. The molecule has 0 fully saturated rings. The van der Waals surface area contributed by atoms with Crippen LogP contribution in [0.2, 0.25) is 0 Å². The molecule has 0 aliphatic rings. The van der Waals surface area contributed by atoms with Crippen LogP contribution in [0.1, 0.15) is 36.4 Å². The first-order valence-corrected chi connectivity index (χ1v) is 6.37. The molecule has 1 heterocycles. The Kier molecular flexibility index (Phi) is 5.19. The van der Waals surface area contributed by atoms with E-state index >= 15 is 0 Å². The van der Waals surface area contributed by atoms with Crippen molar-refractivity contribution < 1.29 is 9.53 Å². The lowest BCUT2D eigenvalue weighted by Gasteiger charge is -2.05. The highest BCUT2D eigenvalue weighted by atomic mass is 32.1. The third kappa shape index (κ3) is 4.71. The van der Waals surface area contributed by atoms with Gasteiger partial charge in [0.25, 0.3) is 0 Å². The van der Waals surface area contributed by atoms with Gasteiger partial charge in [0, 0.05) is 10.3 Å². The Morgan fingerprint density at radius 2 is 2.33 bits per heavy atom. The van der Waals surface area contributed by atoms with Crippen LogP contribution in [0.3, 0.4) is 0 Å². The van der Waals surface area contributed by atoms with Gasteiger partial charge in [-0.1, -0.05) is 13.8 Å². The van der Waals surface area contributed by atoms with E-state index in [1.165, 1.54) is 11.3 Å². The van der Waals surface area contributed by atoms with Gasteiger partial charge >= 0.3 is 5.97 Å². The minimum atomic E-state index is -0.232. The normalized spacial score (nSPS) is 10.7. The monoisotopic (exact) mass is 244 g/mol. The molecule has 2 nitrogen and oxygen atoms in total. The van der Waals surface area contributed by atoms with Gasteiger partial charge in [0.05, 0.1) is 6.61 Å². The molecule has 0 radical (unpaired) electrons. The van der Waals surface area contributed by atoms with E-state index < -0.39 is 0 Å². The molecule has 0 aromatic carbocycles. The fourth-order valence-corrected chi connectivity index (χ4v) is 2.20. The van der Waals surface area contributed by atoms with E-state index in [2.05, 4.69) is 26.5 Å². The SMILES string of the molecule is CC(C)CCCOC(=O)c1cc(S)cs1. The van der Waals surface area contributed by atoms with Crippen molar-refractivity contribution in [2.75, 3.05) is 6.61 Å². The molecule has 1 rings (SSSR count). The summed E-state index contributed by atoms with van der Waals surface area (Å²) in [4.78, 5) is 12.9. The molecule has 1 aromatic heterocycles. The van der Waals surface area contributed by atoms with Crippen molar-refractivity contribution in [1.29, 1.82) is 0 Å². The first-order valence-electron chi connectivity index (χ1n) is 5.04. The summed E-state index contributed by atoms with van der Waals surface area (Å²) >= 11 is 5.51. The Bertz CT molecular complexity index is 318. The molecule has 0 N–H and O–H groups in total. The van der Waals surface area contributed by atoms with E-state index in [-0.39, 0.29) is 5.97 Å². The summed E-state index contributed by atoms with van der Waals surface area (Å²) in [6.45, 7) is 4.83. The van der Waals surface area contributed by atoms with Gasteiger partial charge in [-0.2, -0.15) is 0 Å². The summed E-state index contributed by atoms with van der Waals surface area (Å²) in [5, 5.41) is 1.83. The van der Waals surface area contributed by atoms with Crippen molar-refractivity contribution in [3.05, 3.63) is 16.3 Å². The van der Waals surface area contributed by atoms with Crippen LogP contribution in [0.25, 0.3) is 0 Å². The Morgan fingerprint density at radius 3 is 2.87 bits per heavy atom. The molecule has 0 spiro atoms. The number of esters is 1. The van der Waals surface area contributed by atoms with Crippen LogP contribution in [0.15, 0.2) is 16.3 Å². The highest BCUT2D eigenvalue weighted by Gasteiger charge is 2.09. The zero-order valence-corrected chi connectivity index (χ0v) is 10.7. The number of hydrogen-bond acceptors (Lipinski definition) is 4. The zero-order valence-electron chi connectivity index (χ0n) is 9.03. The maximum atomic E-state index is 11.5. The van der Waals surface area contributed by atoms with Crippen molar-refractivity contribution >= 4 is 29.9 Å². The predicted molar refractivity (Wildman–Crippen MR) is 65.9 cm³/mol. The lowest BCUT2D eigenvalue weighted by molar-refractivity contribution is 0.0500. The van der Waals surface area contributed by atoms with Gasteiger partial charge in [-0.15, -0.1) is 24.0 Å². The molecule has 15 heavy (non-hydrogen) atoms. The minimum absolute atomic E-state index is 0.232. The highest BCUT2D eigenvalue weighted by Crippen LogP contribution is 2.18. The first kappa shape index (κ1) is 12.6. The quantitative estimate of drug-likeness (QED) is 0.486. The molecule has 0 atom stereocenters. The molecule has 0 unspecified atom stereocenters. The van der Waals surface area contributed by atoms with Crippen LogP contribution in [0, 0.1) is 5.92 Å². The van der Waals surface area contributed by atoms with E-state index in [1.807, 2.05) is 5.38 Å². The van der Waals surface area contributed by atoms with E-state index in [9.17, 15) is 4.79 Å². The number of rotatable bonds is 5. The summed E-state index contributed by atoms with van der Waals surface area (Å²) < 4.78 is 5.13. The molecule has 1 aromatic rings. The highest BCUT2D eigenvalue weighted by molar-refractivity contribution is 7.80. The Hall–Kier alpha value is -0.480. The third-order valence-electron chi connectivity index (χ3n) is 1.95. The van der Waals surface area contributed by atoms with E-state index in [0.717, 1.165) is 17.7 Å². The Balaban J connectivity index is 2.25. The van der Waals surface area contributed by atoms with Crippen LogP contribution in [-0.2, 0) is 4.74 Å². The molecule has 84 valence electrons. The first-order chi connectivity index (χ1) is 7.09. The molecule has 0 aliphatic heterocycles. The van der Waals surface area contributed by atoms with Gasteiger partial charge in [0.2, 0.25) is 0 Å². The molecule has 0 saturated heterocycles. The van der Waals surface area contributed by atoms with Crippen molar-refractivity contribution in [2.24, 2.45) is 5.92 Å². The second-order valence-electron chi connectivity index (χ2n) is 3.84. The molecule has 0 saturated carbocycles. The Labute approximate surface area is 100 Å². The van der Waals surface area contributed by atoms with Gasteiger partial charge in [-0.05, 0) is 24.8 Å². The van der Waals surface area contributed by atoms with Crippen molar-refractivity contribution in [2.45, 2.75) is 31.6 Å². The maximum absolute atomic E-state index is 11.5. The van der Waals surface area contributed by atoms with Crippen molar-refractivity contribution in [1.82, 2.24) is 0 Å². The topological polar surface area (TPSA) is 26.3 Å². The van der Waals surface area contributed by atoms with Crippen LogP contribution in [0.4, 0.5) is 0 Å². The zero-order chi connectivity index (χ0) is 11.3. The van der Waals surface area contributed by atoms with Gasteiger partial charge in [0.1, 0.15) is 4.88 Å². The molecule has 0 bridgehead atoms. The second-order valence-corrected chi connectivity index (χ2v) is 5.27. The van der Waals surface area contributed by atoms with Crippen molar-refractivity contribution in [3.8, 4) is 0 Å². The number of ether oxygens (including phenoxy) is 1. The van der Waals surface area contributed by atoms with Crippen LogP contribution < -0.4 is 0 Å². The summed E-state index contributed by atoms with van der Waals surface area (Å²) in [6.07, 6.45) is 2.03. The molecule has 4 heteroatoms. The van der Waals surface area contributed by atoms with Gasteiger partial charge < -0.3 is 4.74 Å². The average Bonchev–Trinajstić information content (AvgIpc) is 2.59. The molecular weight excluding hydrogens is 228 g/mol. The summed E-state index contributed by atoms with van der Waals surface area (Å²) in [7, 11) is 0. The van der Waals surface area contributed by atoms with Crippen LogP contribution in [0.5, 0.6) is 0 Å². The number of carbonyl (C=O) groups excluding carboxylic acids is 1. The summed E-state index contributed by atoms with van der Waals surface area (Å²) in [5.41, 5.74) is 0. The van der Waals surface area contributed by atoms with Gasteiger partial charge in [-0.25, -0.2) is 4.79 Å². The number of carbonyl (C=O) groups is 1. The summed E-state index contributed by atoms with van der Waals surface area (Å²) in [5.74, 6) is 0.429. The average molecular weight is 244 g/mol.